The van der Waals surface area contributed by atoms with Crippen molar-refractivity contribution in [2.24, 2.45) is 5.73 Å². The average molecular weight is 416 g/mol. The molecular formula is C23H20N4O4. The number of hydrogen-bond donors (Lipinski definition) is 2. The fourth-order valence-electron chi connectivity index (χ4n) is 4.60. The molecule has 2 aromatic carbocycles. The Morgan fingerprint density at radius 2 is 1.90 bits per heavy atom. The summed E-state index contributed by atoms with van der Waals surface area (Å²) in [5.41, 5.74) is 7.97. The minimum Gasteiger partial charge on any atom is -0.465 e. The molecule has 0 aliphatic carbocycles. The SMILES string of the molecule is COC(=O)C1=C(N)Oc2n[nH]c(C)c2C12C(=O)N(Cc1ccccc1)c1ccccc12. The summed E-state index contributed by atoms with van der Waals surface area (Å²) in [6.45, 7) is 2.11. The molecule has 5 rings (SSSR count). The first kappa shape index (κ1) is 18.9. The highest BCUT2D eigenvalue weighted by atomic mass is 16.5. The largest absolute Gasteiger partial charge is 0.465 e. The fraction of sp³-hybridized carbons (Fsp3) is 0.174. The number of esters is 1. The Labute approximate surface area is 178 Å². The lowest BCUT2D eigenvalue weighted by atomic mass is 9.68. The highest BCUT2D eigenvalue weighted by molar-refractivity contribution is 6.18. The van der Waals surface area contributed by atoms with Crippen molar-refractivity contribution in [3.63, 3.8) is 0 Å². The van der Waals surface area contributed by atoms with Crippen LogP contribution in [-0.4, -0.2) is 29.2 Å². The zero-order chi connectivity index (χ0) is 21.8. The van der Waals surface area contributed by atoms with Crippen LogP contribution in [0.25, 0.3) is 0 Å². The van der Waals surface area contributed by atoms with Crippen LogP contribution in [0.5, 0.6) is 5.88 Å². The van der Waals surface area contributed by atoms with Crippen molar-refractivity contribution in [2.45, 2.75) is 18.9 Å². The van der Waals surface area contributed by atoms with Crippen LogP contribution in [0.2, 0.25) is 0 Å². The quantitative estimate of drug-likeness (QED) is 0.634. The smallest absolute Gasteiger partial charge is 0.340 e. The maximum Gasteiger partial charge on any atom is 0.340 e. The number of nitrogens with zero attached hydrogens (tertiary/aromatic N) is 2. The maximum atomic E-state index is 14.3. The third kappa shape index (κ3) is 2.44. The lowest BCUT2D eigenvalue weighted by Gasteiger charge is -2.34. The molecule has 3 heterocycles. The standard InChI is InChI=1S/C23H20N4O4/c1-13-17-20(26-25-13)31-19(24)18(21(28)30-2)23(17)15-10-6-7-11-16(15)27(22(23)29)12-14-8-4-3-5-9-14/h3-11H,12,24H2,1-2H3,(H,25,26). The van der Waals surface area contributed by atoms with E-state index in [4.69, 9.17) is 15.2 Å². The van der Waals surface area contributed by atoms with E-state index in [9.17, 15) is 9.59 Å². The zero-order valence-electron chi connectivity index (χ0n) is 17.0. The summed E-state index contributed by atoms with van der Waals surface area (Å²) < 4.78 is 10.7. The Hall–Kier alpha value is -4.07. The van der Waals surface area contributed by atoms with Crippen LogP contribution in [0.1, 0.15) is 22.4 Å². The molecule has 156 valence electrons. The number of hydrogen-bond acceptors (Lipinski definition) is 6. The number of anilines is 1. The van der Waals surface area contributed by atoms with E-state index in [0.717, 1.165) is 5.56 Å². The van der Waals surface area contributed by atoms with Gasteiger partial charge in [-0.3, -0.25) is 9.89 Å². The van der Waals surface area contributed by atoms with Gasteiger partial charge in [0.15, 0.2) is 0 Å². The van der Waals surface area contributed by atoms with E-state index >= 15 is 0 Å². The Balaban J connectivity index is 1.82. The number of aromatic amines is 1. The monoisotopic (exact) mass is 416 g/mol. The van der Waals surface area contributed by atoms with Crippen molar-refractivity contribution in [3.8, 4) is 5.88 Å². The topological polar surface area (TPSA) is 111 Å². The molecule has 8 heteroatoms. The van der Waals surface area contributed by atoms with E-state index in [-0.39, 0.29) is 23.2 Å². The molecule has 2 aliphatic heterocycles. The van der Waals surface area contributed by atoms with Crippen molar-refractivity contribution in [1.29, 1.82) is 0 Å². The number of ether oxygens (including phenoxy) is 2. The predicted octanol–water partition coefficient (Wildman–Crippen LogP) is 2.29. The van der Waals surface area contributed by atoms with E-state index in [1.807, 2.05) is 54.6 Å². The normalized spacial score (nSPS) is 19.3. The molecule has 1 aromatic heterocycles. The molecule has 1 spiro atoms. The summed E-state index contributed by atoms with van der Waals surface area (Å²) in [7, 11) is 1.25. The van der Waals surface area contributed by atoms with Crippen molar-refractivity contribution >= 4 is 17.6 Å². The van der Waals surface area contributed by atoms with Gasteiger partial charge in [-0.2, -0.15) is 0 Å². The highest BCUT2D eigenvalue weighted by Gasteiger charge is 2.62. The molecule has 0 bridgehead atoms. The van der Waals surface area contributed by atoms with Gasteiger partial charge in [-0.05, 0) is 18.6 Å². The molecule has 1 unspecified atom stereocenters. The number of carbonyl (C=O) groups excluding carboxylic acids is 2. The van der Waals surface area contributed by atoms with Gasteiger partial charge < -0.3 is 20.1 Å². The molecule has 1 amide bonds. The predicted molar refractivity (Wildman–Crippen MR) is 112 cm³/mol. The first-order valence-electron chi connectivity index (χ1n) is 9.77. The molecule has 8 nitrogen and oxygen atoms in total. The lowest BCUT2D eigenvalue weighted by Crippen LogP contribution is -2.48. The molecule has 0 saturated heterocycles. The van der Waals surface area contributed by atoms with E-state index in [1.54, 1.807) is 11.8 Å². The number of para-hydroxylation sites is 1. The Morgan fingerprint density at radius 3 is 2.65 bits per heavy atom. The number of amides is 1. The van der Waals surface area contributed by atoms with Crippen LogP contribution in [0.4, 0.5) is 5.69 Å². The van der Waals surface area contributed by atoms with Crippen LogP contribution < -0.4 is 15.4 Å². The van der Waals surface area contributed by atoms with Gasteiger partial charge in [0.1, 0.15) is 11.0 Å². The minimum absolute atomic E-state index is 0.0417. The molecule has 31 heavy (non-hydrogen) atoms. The summed E-state index contributed by atoms with van der Waals surface area (Å²) in [4.78, 5) is 28.9. The summed E-state index contributed by atoms with van der Waals surface area (Å²) in [6, 6.07) is 17.0. The number of methoxy groups -OCH3 is 1. The molecule has 1 atom stereocenters. The van der Waals surface area contributed by atoms with Crippen molar-refractivity contribution < 1.29 is 19.1 Å². The van der Waals surface area contributed by atoms with E-state index in [2.05, 4.69) is 10.2 Å². The van der Waals surface area contributed by atoms with Gasteiger partial charge in [-0.1, -0.05) is 48.5 Å². The number of nitrogens with two attached hydrogens (primary N) is 1. The first-order chi connectivity index (χ1) is 15.0. The Morgan fingerprint density at radius 1 is 1.19 bits per heavy atom. The molecule has 0 saturated carbocycles. The number of aryl methyl sites for hydroxylation is 1. The summed E-state index contributed by atoms with van der Waals surface area (Å²) >= 11 is 0. The molecular weight excluding hydrogens is 396 g/mol. The van der Waals surface area contributed by atoms with Gasteiger partial charge in [0.05, 0.1) is 19.2 Å². The van der Waals surface area contributed by atoms with Gasteiger partial charge in [-0.15, -0.1) is 5.10 Å². The molecule has 3 aromatic rings. The number of aromatic nitrogens is 2. The van der Waals surface area contributed by atoms with Crippen LogP contribution >= 0.6 is 0 Å². The maximum absolute atomic E-state index is 14.3. The van der Waals surface area contributed by atoms with Crippen LogP contribution in [-0.2, 0) is 26.3 Å². The third-order valence-electron chi connectivity index (χ3n) is 5.85. The lowest BCUT2D eigenvalue weighted by molar-refractivity contribution is -0.138. The van der Waals surface area contributed by atoms with Gasteiger partial charge in [0.25, 0.3) is 0 Å². The number of benzene rings is 2. The Kier molecular flexibility index (Phi) is 4.11. The Bertz CT molecular complexity index is 1250. The van der Waals surface area contributed by atoms with Gasteiger partial charge in [0.2, 0.25) is 17.7 Å². The minimum atomic E-state index is -1.52. The van der Waals surface area contributed by atoms with Crippen molar-refractivity contribution in [2.75, 3.05) is 12.0 Å². The number of H-pyrrole nitrogens is 1. The molecule has 3 N–H and O–H groups in total. The number of fused-ring (bicyclic) bond motifs is 4. The van der Waals surface area contributed by atoms with Gasteiger partial charge in [-0.25, -0.2) is 4.79 Å². The van der Waals surface area contributed by atoms with Crippen molar-refractivity contribution in [3.05, 3.63) is 88.4 Å². The van der Waals surface area contributed by atoms with Crippen LogP contribution in [0, 0.1) is 6.92 Å². The fourth-order valence-corrected chi connectivity index (χ4v) is 4.60. The van der Waals surface area contributed by atoms with Gasteiger partial charge in [0, 0.05) is 16.9 Å². The van der Waals surface area contributed by atoms with E-state index in [0.29, 0.717) is 29.1 Å². The molecule has 0 radical (unpaired) electrons. The van der Waals surface area contributed by atoms with Crippen molar-refractivity contribution in [1.82, 2.24) is 10.2 Å². The number of rotatable bonds is 3. The second-order valence-corrected chi connectivity index (χ2v) is 7.51. The van der Waals surface area contributed by atoms with E-state index in [1.165, 1.54) is 7.11 Å². The summed E-state index contributed by atoms with van der Waals surface area (Å²) in [5, 5.41) is 7.04. The second-order valence-electron chi connectivity index (χ2n) is 7.51. The summed E-state index contributed by atoms with van der Waals surface area (Å²) in [6.07, 6.45) is 0. The second kappa shape index (κ2) is 6.73. The molecule has 0 fully saturated rings. The number of carbonyl (C=O) groups is 2. The summed E-state index contributed by atoms with van der Waals surface area (Å²) in [5.74, 6) is -1.06. The molecule has 2 aliphatic rings. The van der Waals surface area contributed by atoms with Gasteiger partial charge >= 0.3 is 5.97 Å². The first-order valence-corrected chi connectivity index (χ1v) is 9.77. The van der Waals surface area contributed by atoms with Crippen LogP contribution in [0.15, 0.2) is 66.1 Å². The van der Waals surface area contributed by atoms with Crippen LogP contribution in [0.3, 0.4) is 0 Å². The number of nitrogens with one attached hydrogen (secondary N) is 1. The highest BCUT2D eigenvalue weighted by Crippen LogP contribution is 2.56. The zero-order valence-corrected chi connectivity index (χ0v) is 17.0. The van der Waals surface area contributed by atoms with E-state index < -0.39 is 11.4 Å². The average Bonchev–Trinajstić information content (AvgIpc) is 3.26. The third-order valence-corrected chi connectivity index (χ3v) is 5.85.